The van der Waals surface area contributed by atoms with Crippen molar-refractivity contribution in [2.75, 3.05) is 0 Å². The Kier molecular flexibility index (Phi) is 4.06. The van der Waals surface area contributed by atoms with Crippen molar-refractivity contribution in [1.82, 2.24) is 4.98 Å². The van der Waals surface area contributed by atoms with Gasteiger partial charge in [-0.25, -0.2) is 0 Å². The molecule has 0 amide bonds. The van der Waals surface area contributed by atoms with Gasteiger partial charge in [-0.2, -0.15) is 0 Å². The van der Waals surface area contributed by atoms with Gasteiger partial charge in [0.2, 0.25) is 0 Å². The Labute approximate surface area is 132 Å². The molecule has 22 heavy (non-hydrogen) atoms. The topological polar surface area (TPSA) is 12.9 Å². The molecule has 1 nitrogen and oxygen atoms in total. The molecule has 0 radical (unpaired) electrons. The molecule has 0 spiro atoms. The number of rotatable bonds is 3. The molecule has 0 aliphatic rings. The number of hydrogen-bond donors (Lipinski definition) is 0. The summed E-state index contributed by atoms with van der Waals surface area (Å²) < 4.78 is 0. The summed E-state index contributed by atoms with van der Waals surface area (Å²) in [6.45, 7) is 6.38. The Hall–Kier alpha value is -2.41. The molecule has 0 saturated heterocycles. The molecule has 0 N–H and O–H groups in total. The highest BCUT2D eigenvalue weighted by Crippen LogP contribution is 2.29. The highest BCUT2D eigenvalue weighted by Gasteiger charge is 2.05. The van der Waals surface area contributed by atoms with Gasteiger partial charge in [-0.3, -0.25) is 4.98 Å². The third-order valence-corrected chi connectivity index (χ3v) is 3.98. The summed E-state index contributed by atoms with van der Waals surface area (Å²) in [5, 5.41) is 0. The van der Waals surface area contributed by atoms with Gasteiger partial charge in [0.05, 0.1) is 0 Å². The maximum absolute atomic E-state index is 4.30. The van der Waals surface area contributed by atoms with Crippen molar-refractivity contribution >= 4 is 0 Å². The van der Waals surface area contributed by atoms with Crippen LogP contribution in [0.4, 0.5) is 0 Å². The highest BCUT2D eigenvalue weighted by atomic mass is 14.6. The molecule has 0 atom stereocenters. The molecule has 1 aromatic heterocycles. The van der Waals surface area contributed by atoms with Crippen LogP contribution < -0.4 is 0 Å². The van der Waals surface area contributed by atoms with E-state index < -0.39 is 0 Å². The molecule has 0 bridgehead atoms. The van der Waals surface area contributed by atoms with Crippen LogP contribution in [0.5, 0.6) is 0 Å². The fourth-order valence-corrected chi connectivity index (χ4v) is 2.78. The number of pyridine rings is 1. The van der Waals surface area contributed by atoms with Gasteiger partial charge in [0, 0.05) is 11.9 Å². The Morgan fingerprint density at radius 2 is 1.50 bits per heavy atom. The van der Waals surface area contributed by atoms with Crippen molar-refractivity contribution in [1.29, 1.82) is 0 Å². The third kappa shape index (κ3) is 3.09. The molecule has 0 aliphatic heterocycles. The SMILES string of the molecule is CCc1cc(-c2cccc(C)c2)cc(-c2ccnc(C)c2)c1. The first-order valence-electron chi connectivity index (χ1n) is 7.80. The average molecular weight is 287 g/mol. The van der Waals surface area contributed by atoms with Crippen LogP contribution in [0.2, 0.25) is 0 Å². The molecular formula is C21H21N. The zero-order valence-corrected chi connectivity index (χ0v) is 13.4. The quantitative estimate of drug-likeness (QED) is 0.611. The van der Waals surface area contributed by atoms with Gasteiger partial charge in [-0.15, -0.1) is 0 Å². The summed E-state index contributed by atoms with van der Waals surface area (Å²) >= 11 is 0. The Bertz CT molecular complexity index is 739. The van der Waals surface area contributed by atoms with Crippen molar-refractivity contribution in [2.45, 2.75) is 27.2 Å². The van der Waals surface area contributed by atoms with Crippen LogP contribution in [0.3, 0.4) is 0 Å². The smallest absolute Gasteiger partial charge is 0.0378 e. The Balaban J connectivity index is 2.14. The largest absolute Gasteiger partial charge is 0.262 e. The minimum absolute atomic E-state index is 1.04. The van der Waals surface area contributed by atoms with E-state index in [-0.39, 0.29) is 0 Å². The fourth-order valence-electron chi connectivity index (χ4n) is 2.78. The Morgan fingerprint density at radius 1 is 0.773 bits per heavy atom. The predicted octanol–water partition coefficient (Wildman–Crippen LogP) is 5.59. The van der Waals surface area contributed by atoms with Crippen LogP contribution in [0.15, 0.2) is 60.8 Å². The summed E-state index contributed by atoms with van der Waals surface area (Å²) in [7, 11) is 0. The zero-order chi connectivity index (χ0) is 15.5. The lowest BCUT2D eigenvalue weighted by Gasteiger charge is -2.10. The van der Waals surface area contributed by atoms with Gasteiger partial charge in [0.25, 0.3) is 0 Å². The molecule has 0 saturated carbocycles. The van der Waals surface area contributed by atoms with Crippen LogP contribution in [-0.4, -0.2) is 4.98 Å². The minimum atomic E-state index is 1.04. The van der Waals surface area contributed by atoms with Crippen LogP contribution >= 0.6 is 0 Å². The van der Waals surface area contributed by atoms with E-state index >= 15 is 0 Å². The molecule has 1 heterocycles. The van der Waals surface area contributed by atoms with E-state index in [4.69, 9.17) is 0 Å². The first-order chi connectivity index (χ1) is 10.7. The van der Waals surface area contributed by atoms with E-state index in [2.05, 4.69) is 73.4 Å². The second-order valence-corrected chi connectivity index (χ2v) is 5.83. The summed E-state index contributed by atoms with van der Waals surface area (Å²) in [5.41, 5.74) is 8.77. The second-order valence-electron chi connectivity index (χ2n) is 5.83. The van der Waals surface area contributed by atoms with Crippen molar-refractivity contribution in [3.05, 3.63) is 77.6 Å². The number of nitrogens with zero attached hydrogens (tertiary/aromatic N) is 1. The van der Waals surface area contributed by atoms with Gasteiger partial charge in [0.1, 0.15) is 0 Å². The maximum Gasteiger partial charge on any atom is 0.0378 e. The highest BCUT2D eigenvalue weighted by molar-refractivity contribution is 5.74. The van der Waals surface area contributed by atoms with Crippen LogP contribution in [-0.2, 0) is 6.42 Å². The molecule has 2 aromatic carbocycles. The van der Waals surface area contributed by atoms with E-state index in [1.165, 1.54) is 33.4 Å². The lowest BCUT2D eigenvalue weighted by atomic mass is 9.95. The van der Waals surface area contributed by atoms with Gasteiger partial charge in [-0.1, -0.05) is 48.9 Å². The normalized spacial score (nSPS) is 10.7. The third-order valence-electron chi connectivity index (χ3n) is 3.98. The summed E-state index contributed by atoms with van der Waals surface area (Å²) in [6.07, 6.45) is 2.92. The van der Waals surface area contributed by atoms with Crippen molar-refractivity contribution in [3.63, 3.8) is 0 Å². The van der Waals surface area contributed by atoms with Crippen molar-refractivity contribution < 1.29 is 0 Å². The monoisotopic (exact) mass is 287 g/mol. The first kappa shape index (κ1) is 14.5. The minimum Gasteiger partial charge on any atom is -0.262 e. The lowest BCUT2D eigenvalue weighted by molar-refractivity contribution is 1.14. The number of benzene rings is 2. The Morgan fingerprint density at radius 3 is 2.14 bits per heavy atom. The zero-order valence-electron chi connectivity index (χ0n) is 13.4. The summed E-state index contributed by atoms with van der Waals surface area (Å²) in [5.74, 6) is 0. The van der Waals surface area contributed by atoms with E-state index in [1.54, 1.807) is 0 Å². The average Bonchev–Trinajstić information content (AvgIpc) is 2.54. The van der Waals surface area contributed by atoms with Crippen molar-refractivity contribution in [2.24, 2.45) is 0 Å². The summed E-state index contributed by atoms with van der Waals surface area (Å²) in [6, 6.07) is 19.8. The molecule has 1 heteroatoms. The van der Waals surface area contributed by atoms with Gasteiger partial charge in [-0.05, 0) is 66.3 Å². The number of aromatic nitrogens is 1. The predicted molar refractivity (Wildman–Crippen MR) is 94.0 cm³/mol. The molecule has 0 fully saturated rings. The number of hydrogen-bond acceptors (Lipinski definition) is 1. The van der Waals surface area contributed by atoms with Gasteiger partial charge < -0.3 is 0 Å². The van der Waals surface area contributed by atoms with Crippen LogP contribution in [0.1, 0.15) is 23.7 Å². The maximum atomic E-state index is 4.30. The van der Waals surface area contributed by atoms with Gasteiger partial charge in [0.15, 0.2) is 0 Å². The molecular weight excluding hydrogens is 266 g/mol. The fraction of sp³-hybridized carbons (Fsp3) is 0.190. The molecule has 110 valence electrons. The van der Waals surface area contributed by atoms with E-state index in [0.29, 0.717) is 0 Å². The second kappa shape index (κ2) is 6.15. The van der Waals surface area contributed by atoms with E-state index in [0.717, 1.165) is 12.1 Å². The lowest BCUT2D eigenvalue weighted by Crippen LogP contribution is -1.89. The molecule has 3 aromatic rings. The van der Waals surface area contributed by atoms with Crippen molar-refractivity contribution in [3.8, 4) is 22.3 Å². The molecule has 3 rings (SSSR count). The van der Waals surface area contributed by atoms with Gasteiger partial charge >= 0.3 is 0 Å². The van der Waals surface area contributed by atoms with E-state index in [9.17, 15) is 0 Å². The summed E-state index contributed by atoms with van der Waals surface area (Å²) in [4.78, 5) is 4.30. The number of aryl methyl sites for hydroxylation is 3. The molecule has 0 aliphatic carbocycles. The van der Waals surface area contributed by atoms with E-state index in [1.807, 2.05) is 13.1 Å². The molecule has 0 unspecified atom stereocenters. The first-order valence-corrected chi connectivity index (χ1v) is 7.80. The van der Waals surface area contributed by atoms with Crippen LogP contribution in [0.25, 0.3) is 22.3 Å². The standard InChI is InChI=1S/C21H21N/c1-4-17-12-20(18-7-5-6-15(2)10-18)14-21(13-17)19-8-9-22-16(3)11-19/h5-14H,4H2,1-3H3. The van der Waals surface area contributed by atoms with Crippen LogP contribution in [0, 0.1) is 13.8 Å².